The van der Waals surface area contributed by atoms with E-state index in [2.05, 4.69) is 11.1 Å². The molecule has 20 heavy (non-hydrogen) atoms. The lowest BCUT2D eigenvalue weighted by Gasteiger charge is -2.17. The van der Waals surface area contributed by atoms with E-state index in [1.165, 1.54) is 0 Å². The molecule has 1 aromatic carbocycles. The summed E-state index contributed by atoms with van der Waals surface area (Å²) in [6, 6.07) is 11.2. The van der Waals surface area contributed by atoms with E-state index >= 15 is 0 Å². The van der Waals surface area contributed by atoms with Crippen molar-refractivity contribution >= 4 is 11.9 Å². The molecule has 3 nitrogen and oxygen atoms in total. The molecule has 96 valence electrons. The molecule has 2 aromatic rings. The molecule has 3 rings (SSSR count). The summed E-state index contributed by atoms with van der Waals surface area (Å²) in [5.41, 5.74) is 4.03. The zero-order chi connectivity index (χ0) is 13.9. The van der Waals surface area contributed by atoms with Crippen LogP contribution in [0.15, 0.2) is 48.3 Å². The fraction of sp³-hybridized carbons (Fsp3) is 0.118. The molecule has 0 bridgehead atoms. The van der Waals surface area contributed by atoms with E-state index in [4.69, 9.17) is 5.26 Å². The minimum atomic E-state index is 0.0552. The Bertz CT molecular complexity index is 739. The van der Waals surface area contributed by atoms with E-state index in [1.54, 1.807) is 24.5 Å². The molecule has 1 aromatic heterocycles. The number of aryl methyl sites for hydroxylation is 1. The third-order valence-corrected chi connectivity index (χ3v) is 3.46. The van der Waals surface area contributed by atoms with Crippen LogP contribution in [0.4, 0.5) is 0 Å². The summed E-state index contributed by atoms with van der Waals surface area (Å²) in [6.07, 6.45) is 6.85. The molecule has 0 radical (unpaired) electrons. The number of aromatic nitrogens is 1. The van der Waals surface area contributed by atoms with Crippen LogP contribution in [0.5, 0.6) is 0 Å². The monoisotopic (exact) mass is 260 g/mol. The molecule has 0 aliphatic heterocycles. The third kappa shape index (κ3) is 2.24. The maximum Gasteiger partial charge on any atom is 0.189 e. The van der Waals surface area contributed by atoms with Gasteiger partial charge in [0.2, 0.25) is 0 Å². The molecule has 0 saturated heterocycles. The molecule has 0 fully saturated rings. The van der Waals surface area contributed by atoms with Crippen molar-refractivity contribution in [2.24, 2.45) is 0 Å². The van der Waals surface area contributed by atoms with Crippen LogP contribution >= 0.6 is 0 Å². The number of pyridine rings is 1. The normalized spacial score (nSPS) is 15.8. The van der Waals surface area contributed by atoms with Crippen molar-refractivity contribution in [1.29, 1.82) is 5.26 Å². The van der Waals surface area contributed by atoms with Gasteiger partial charge in [-0.1, -0.05) is 6.07 Å². The second-order valence-corrected chi connectivity index (χ2v) is 4.77. The average molecular weight is 260 g/mol. The Morgan fingerprint density at radius 3 is 2.90 bits per heavy atom. The van der Waals surface area contributed by atoms with Crippen LogP contribution in [-0.2, 0) is 6.42 Å². The molecular weight excluding hydrogens is 248 g/mol. The fourth-order valence-electron chi connectivity index (χ4n) is 2.45. The van der Waals surface area contributed by atoms with Crippen LogP contribution < -0.4 is 0 Å². The summed E-state index contributed by atoms with van der Waals surface area (Å²) < 4.78 is 0. The number of ketones is 1. The number of hydrogen-bond acceptors (Lipinski definition) is 3. The summed E-state index contributed by atoms with van der Waals surface area (Å²) in [7, 11) is 0. The first-order valence-corrected chi connectivity index (χ1v) is 6.46. The quantitative estimate of drug-likeness (QED) is 0.740. The lowest BCUT2D eigenvalue weighted by molar-refractivity contribution is 0.102. The minimum Gasteiger partial charge on any atom is -0.289 e. The predicted octanol–water partition coefficient (Wildman–Crippen LogP) is 3.17. The van der Waals surface area contributed by atoms with Gasteiger partial charge in [0.05, 0.1) is 11.6 Å². The van der Waals surface area contributed by atoms with Crippen LogP contribution in [-0.4, -0.2) is 10.8 Å². The topological polar surface area (TPSA) is 53.8 Å². The predicted molar refractivity (Wildman–Crippen MR) is 76.0 cm³/mol. The summed E-state index contributed by atoms with van der Waals surface area (Å²) in [5.74, 6) is 0.0552. The standard InChI is InChI=1S/C17H12N2O/c18-10-12-3-6-16-14(8-12)4-5-15(17(16)20)9-13-2-1-7-19-11-13/h1-3,6-9,11H,4-5H2. The Morgan fingerprint density at radius 1 is 1.25 bits per heavy atom. The van der Waals surface area contributed by atoms with Gasteiger partial charge >= 0.3 is 0 Å². The van der Waals surface area contributed by atoms with Crippen molar-refractivity contribution < 1.29 is 4.79 Å². The van der Waals surface area contributed by atoms with Crippen molar-refractivity contribution in [2.45, 2.75) is 12.8 Å². The Kier molecular flexibility index (Phi) is 3.14. The smallest absolute Gasteiger partial charge is 0.189 e. The van der Waals surface area contributed by atoms with Crippen LogP contribution in [0.2, 0.25) is 0 Å². The number of hydrogen-bond donors (Lipinski definition) is 0. The van der Waals surface area contributed by atoms with Gasteiger partial charge in [0.1, 0.15) is 0 Å². The third-order valence-electron chi connectivity index (χ3n) is 3.46. The second kappa shape index (κ2) is 5.10. The van der Waals surface area contributed by atoms with Gasteiger partial charge in [-0.25, -0.2) is 0 Å². The van der Waals surface area contributed by atoms with Crippen LogP contribution in [0.3, 0.4) is 0 Å². The molecule has 0 unspecified atom stereocenters. The SMILES string of the molecule is N#Cc1ccc2c(c1)CCC(=Cc1cccnc1)C2=O. The van der Waals surface area contributed by atoms with Gasteiger partial charge in [-0.3, -0.25) is 9.78 Å². The lowest BCUT2D eigenvalue weighted by atomic mass is 9.85. The van der Waals surface area contributed by atoms with Gasteiger partial charge in [0.15, 0.2) is 5.78 Å². The van der Waals surface area contributed by atoms with E-state index in [1.807, 2.05) is 24.3 Å². The highest BCUT2D eigenvalue weighted by Crippen LogP contribution is 2.27. The molecule has 0 atom stereocenters. The van der Waals surface area contributed by atoms with Gasteiger partial charge in [-0.05, 0) is 54.3 Å². The van der Waals surface area contributed by atoms with E-state index in [-0.39, 0.29) is 5.78 Å². The van der Waals surface area contributed by atoms with Crippen LogP contribution in [0, 0.1) is 11.3 Å². The molecule has 1 aliphatic carbocycles. The zero-order valence-corrected chi connectivity index (χ0v) is 10.8. The van der Waals surface area contributed by atoms with E-state index in [9.17, 15) is 4.79 Å². The Hall–Kier alpha value is -2.73. The van der Waals surface area contributed by atoms with Crippen molar-refractivity contribution in [3.05, 3.63) is 70.6 Å². The molecular formula is C17H12N2O. The average Bonchev–Trinajstić information content (AvgIpc) is 2.51. The number of Topliss-reactive ketones (excluding diaryl/α,β-unsaturated/α-hetero) is 1. The number of nitrogens with zero attached hydrogens (tertiary/aromatic N) is 2. The molecule has 0 amide bonds. The highest BCUT2D eigenvalue weighted by molar-refractivity contribution is 6.13. The Labute approximate surface area is 117 Å². The van der Waals surface area contributed by atoms with Crippen molar-refractivity contribution in [3.63, 3.8) is 0 Å². The molecule has 1 aliphatic rings. The first kappa shape index (κ1) is 12.3. The summed E-state index contributed by atoms with van der Waals surface area (Å²) in [5, 5.41) is 8.90. The van der Waals surface area contributed by atoms with Crippen molar-refractivity contribution in [3.8, 4) is 6.07 Å². The number of rotatable bonds is 1. The molecule has 1 heterocycles. The highest BCUT2D eigenvalue weighted by atomic mass is 16.1. The van der Waals surface area contributed by atoms with Crippen LogP contribution in [0.25, 0.3) is 6.08 Å². The van der Waals surface area contributed by atoms with Crippen molar-refractivity contribution in [1.82, 2.24) is 4.98 Å². The molecule has 0 N–H and O–H groups in total. The zero-order valence-electron chi connectivity index (χ0n) is 10.8. The minimum absolute atomic E-state index is 0.0552. The summed E-state index contributed by atoms with van der Waals surface area (Å²) in [4.78, 5) is 16.5. The van der Waals surface area contributed by atoms with Crippen molar-refractivity contribution in [2.75, 3.05) is 0 Å². The number of nitriles is 1. The van der Waals surface area contributed by atoms with E-state index < -0.39 is 0 Å². The van der Waals surface area contributed by atoms with Gasteiger partial charge < -0.3 is 0 Å². The molecule has 0 spiro atoms. The maximum atomic E-state index is 12.4. The Balaban J connectivity index is 1.98. The Morgan fingerprint density at radius 2 is 2.15 bits per heavy atom. The number of benzene rings is 1. The number of allylic oxidation sites excluding steroid dienone is 1. The maximum absolute atomic E-state index is 12.4. The number of carbonyl (C=O) groups is 1. The van der Waals surface area contributed by atoms with E-state index in [0.717, 1.165) is 23.1 Å². The highest BCUT2D eigenvalue weighted by Gasteiger charge is 2.21. The largest absolute Gasteiger partial charge is 0.289 e. The van der Waals surface area contributed by atoms with E-state index in [0.29, 0.717) is 17.5 Å². The molecule has 0 saturated carbocycles. The first-order chi connectivity index (χ1) is 9.78. The first-order valence-electron chi connectivity index (χ1n) is 6.46. The fourth-order valence-corrected chi connectivity index (χ4v) is 2.45. The van der Waals surface area contributed by atoms with Gasteiger partial charge in [0.25, 0.3) is 0 Å². The lowest BCUT2D eigenvalue weighted by Crippen LogP contribution is -2.14. The number of fused-ring (bicyclic) bond motifs is 1. The van der Waals surface area contributed by atoms with Gasteiger partial charge in [0, 0.05) is 23.5 Å². The number of carbonyl (C=O) groups excluding carboxylic acids is 1. The van der Waals surface area contributed by atoms with Crippen LogP contribution in [0.1, 0.15) is 33.5 Å². The molecule has 3 heteroatoms. The second-order valence-electron chi connectivity index (χ2n) is 4.77. The van der Waals surface area contributed by atoms with Gasteiger partial charge in [-0.2, -0.15) is 5.26 Å². The van der Waals surface area contributed by atoms with Gasteiger partial charge in [-0.15, -0.1) is 0 Å². The summed E-state index contributed by atoms with van der Waals surface area (Å²) in [6.45, 7) is 0. The summed E-state index contributed by atoms with van der Waals surface area (Å²) >= 11 is 0.